The number of hydrogen-bond acceptors (Lipinski definition) is 4. The molecule has 0 bridgehead atoms. The average Bonchev–Trinajstić information content (AvgIpc) is 2.61. The molecule has 0 aliphatic carbocycles. The Morgan fingerprint density at radius 3 is 2.00 bits per heavy atom. The third-order valence-corrected chi connectivity index (χ3v) is 7.14. The fourth-order valence-corrected chi connectivity index (χ4v) is 5.26. The fourth-order valence-electron chi connectivity index (χ4n) is 2.40. The van der Waals surface area contributed by atoms with Crippen molar-refractivity contribution in [1.82, 2.24) is 0 Å². The van der Waals surface area contributed by atoms with Crippen molar-refractivity contribution in [2.24, 2.45) is 0 Å². The van der Waals surface area contributed by atoms with E-state index >= 15 is 0 Å². The van der Waals surface area contributed by atoms with E-state index in [1.807, 2.05) is 0 Å². The lowest BCUT2D eigenvalue weighted by atomic mass is 10.3. The van der Waals surface area contributed by atoms with E-state index in [1.54, 1.807) is 12.1 Å². The van der Waals surface area contributed by atoms with Crippen molar-refractivity contribution < 1.29 is 21.2 Å². The summed E-state index contributed by atoms with van der Waals surface area (Å²) in [6.45, 7) is 0. The van der Waals surface area contributed by atoms with E-state index in [0.717, 1.165) is 24.3 Å². The van der Waals surface area contributed by atoms with Gasteiger partial charge in [0.25, 0.3) is 20.0 Å². The fraction of sp³-hybridized carbons (Fsp3) is 0. The van der Waals surface area contributed by atoms with Crippen molar-refractivity contribution in [2.75, 3.05) is 9.44 Å². The van der Waals surface area contributed by atoms with Crippen LogP contribution in [0.5, 0.6) is 0 Å². The maximum absolute atomic E-state index is 13.2. The Labute approximate surface area is 177 Å². The first-order valence-corrected chi connectivity index (χ1v) is 11.7. The van der Waals surface area contributed by atoms with Gasteiger partial charge in [0.2, 0.25) is 0 Å². The minimum absolute atomic E-state index is 0.0145. The Hall–Kier alpha value is -2.33. The first-order valence-electron chi connectivity index (χ1n) is 7.93. The molecule has 3 aromatic rings. The SMILES string of the molecule is O=S(=O)(Nc1cccc(Cl)c1)c1cccc(NS(=O)(=O)c2ccc(F)cc2Cl)c1. The molecule has 0 aliphatic heterocycles. The summed E-state index contributed by atoms with van der Waals surface area (Å²) < 4.78 is 68.0. The first kappa shape index (κ1) is 21.4. The van der Waals surface area contributed by atoms with Crippen LogP contribution < -0.4 is 9.44 Å². The van der Waals surface area contributed by atoms with Crippen LogP contribution in [0.25, 0.3) is 0 Å². The first-order chi connectivity index (χ1) is 13.6. The highest BCUT2D eigenvalue weighted by Crippen LogP contribution is 2.26. The van der Waals surface area contributed by atoms with E-state index in [9.17, 15) is 21.2 Å². The quantitative estimate of drug-likeness (QED) is 0.539. The number of sulfonamides is 2. The third-order valence-electron chi connectivity index (χ3n) is 3.66. The Bertz CT molecular complexity index is 1280. The lowest BCUT2D eigenvalue weighted by molar-refractivity contribution is 0.597. The molecule has 2 N–H and O–H groups in total. The Morgan fingerprint density at radius 2 is 1.34 bits per heavy atom. The molecule has 0 amide bonds. The van der Waals surface area contributed by atoms with Crippen LogP contribution in [0, 0.1) is 5.82 Å². The summed E-state index contributed by atoms with van der Waals surface area (Å²) in [5, 5.41) is 0.0480. The van der Waals surface area contributed by atoms with Gasteiger partial charge < -0.3 is 0 Å². The summed E-state index contributed by atoms with van der Waals surface area (Å²) in [7, 11) is -8.17. The number of halogens is 3. The zero-order chi connectivity index (χ0) is 21.2. The van der Waals surface area contributed by atoms with Crippen molar-refractivity contribution in [1.29, 1.82) is 0 Å². The second-order valence-electron chi connectivity index (χ2n) is 5.82. The Balaban J connectivity index is 1.89. The smallest absolute Gasteiger partial charge is 0.263 e. The predicted octanol–water partition coefficient (Wildman–Crippen LogP) is 4.73. The molecule has 11 heteroatoms. The Morgan fingerprint density at radius 1 is 0.724 bits per heavy atom. The topological polar surface area (TPSA) is 92.3 Å². The molecule has 0 fully saturated rings. The number of hydrogen-bond donors (Lipinski definition) is 2. The monoisotopic (exact) mass is 474 g/mol. The van der Waals surface area contributed by atoms with Gasteiger partial charge in [0, 0.05) is 5.02 Å². The van der Waals surface area contributed by atoms with Gasteiger partial charge >= 0.3 is 0 Å². The number of anilines is 2. The molecule has 0 heterocycles. The largest absolute Gasteiger partial charge is 0.280 e. The van der Waals surface area contributed by atoms with Gasteiger partial charge in [-0.05, 0) is 54.6 Å². The van der Waals surface area contributed by atoms with Crippen molar-refractivity contribution in [2.45, 2.75) is 9.79 Å². The second kappa shape index (κ2) is 8.19. The summed E-state index contributed by atoms with van der Waals surface area (Å²) in [5.74, 6) is -0.686. The molecule has 29 heavy (non-hydrogen) atoms. The summed E-state index contributed by atoms with van der Waals surface area (Å²) in [6, 6.07) is 14.1. The molecule has 3 aromatic carbocycles. The second-order valence-corrected chi connectivity index (χ2v) is 10.0. The standard InChI is InChI=1S/C18H13Cl2FN2O4S2/c19-12-3-1-4-14(9-12)22-28(24,25)16-6-2-5-15(11-16)23-29(26,27)18-8-7-13(21)10-17(18)20/h1-11,22-23H. The zero-order valence-corrected chi connectivity index (χ0v) is 17.6. The van der Waals surface area contributed by atoms with Gasteiger partial charge in [-0.1, -0.05) is 35.3 Å². The van der Waals surface area contributed by atoms with Gasteiger partial charge in [-0.15, -0.1) is 0 Å². The van der Waals surface area contributed by atoms with Crippen LogP contribution in [-0.4, -0.2) is 16.8 Å². The van der Waals surface area contributed by atoms with Crippen LogP contribution in [0.15, 0.2) is 76.5 Å². The molecule has 152 valence electrons. The van der Waals surface area contributed by atoms with Crippen LogP contribution in [-0.2, 0) is 20.0 Å². The highest BCUT2D eigenvalue weighted by atomic mass is 35.5. The molecule has 0 radical (unpaired) electrons. The van der Waals surface area contributed by atoms with Crippen molar-refractivity contribution >= 4 is 54.6 Å². The van der Waals surface area contributed by atoms with E-state index in [4.69, 9.17) is 23.2 Å². The molecule has 0 saturated carbocycles. The van der Waals surface area contributed by atoms with Crippen LogP contribution in [0.2, 0.25) is 10.0 Å². The molecule has 6 nitrogen and oxygen atoms in total. The van der Waals surface area contributed by atoms with Crippen molar-refractivity contribution in [3.8, 4) is 0 Å². The van der Waals surface area contributed by atoms with E-state index in [-0.39, 0.29) is 26.2 Å². The molecule has 0 saturated heterocycles. The molecule has 3 rings (SSSR count). The molecule has 0 spiro atoms. The van der Waals surface area contributed by atoms with Crippen molar-refractivity contribution in [3.63, 3.8) is 0 Å². The van der Waals surface area contributed by atoms with Crippen LogP contribution in [0.3, 0.4) is 0 Å². The lowest BCUT2D eigenvalue weighted by Crippen LogP contribution is -2.16. The number of rotatable bonds is 6. The summed E-state index contributed by atoms with van der Waals surface area (Å²) in [4.78, 5) is -0.520. The summed E-state index contributed by atoms with van der Waals surface area (Å²) in [5.41, 5.74) is 0.237. The van der Waals surface area contributed by atoms with Gasteiger partial charge in [0.15, 0.2) is 0 Å². The molecule has 0 unspecified atom stereocenters. The predicted molar refractivity (Wildman–Crippen MR) is 111 cm³/mol. The minimum atomic E-state index is -4.17. The van der Waals surface area contributed by atoms with Gasteiger partial charge in [0.05, 0.1) is 21.3 Å². The highest BCUT2D eigenvalue weighted by Gasteiger charge is 2.20. The van der Waals surface area contributed by atoms with Crippen LogP contribution in [0.4, 0.5) is 15.8 Å². The average molecular weight is 475 g/mol. The molecular formula is C18H13Cl2FN2O4S2. The van der Waals surface area contributed by atoms with Crippen molar-refractivity contribution in [3.05, 3.63) is 82.6 Å². The van der Waals surface area contributed by atoms with Crippen LogP contribution >= 0.6 is 23.2 Å². The van der Waals surface area contributed by atoms with Gasteiger partial charge in [-0.25, -0.2) is 21.2 Å². The Kier molecular flexibility index (Phi) is 6.04. The summed E-state index contributed by atoms with van der Waals surface area (Å²) in [6.07, 6.45) is 0. The van der Waals surface area contributed by atoms with E-state index in [2.05, 4.69) is 9.44 Å². The molecule has 0 aliphatic rings. The zero-order valence-electron chi connectivity index (χ0n) is 14.4. The maximum atomic E-state index is 13.2. The molecule has 0 aromatic heterocycles. The third kappa shape index (κ3) is 5.18. The highest BCUT2D eigenvalue weighted by molar-refractivity contribution is 7.93. The van der Waals surface area contributed by atoms with Gasteiger partial charge in [-0.3, -0.25) is 9.44 Å². The van der Waals surface area contributed by atoms with E-state index in [0.29, 0.717) is 5.02 Å². The maximum Gasteiger partial charge on any atom is 0.263 e. The van der Waals surface area contributed by atoms with Gasteiger partial charge in [-0.2, -0.15) is 0 Å². The summed E-state index contributed by atoms with van der Waals surface area (Å²) >= 11 is 11.7. The van der Waals surface area contributed by atoms with Crippen LogP contribution in [0.1, 0.15) is 0 Å². The molecular weight excluding hydrogens is 462 g/mol. The normalized spacial score (nSPS) is 11.8. The minimum Gasteiger partial charge on any atom is -0.280 e. The molecule has 0 atom stereocenters. The van der Waals surface area contributed by atoms with Gasteiger partial charge in [0.1, 0.15) is 10.7 Å². The number of nitrogens with one attached hydrogen (secondary N) is 2. The lowest BCUT2D eigenvalue weighted by Gasteiger charge is -2.12. The van der Waals surface area contributed by atoms with E-state index < -0.39 is 25.9 Å². The van der Waals surface area contributed by atoms with E-state index in [1.165, 1.54) is 30.3 Å². The number of benzene rings is 3.